The van der Waals surface area contributed by atoms with Gasteiger partial charge in [-0.15, -0.1) is 0 Å². The van der Waals surface area contributed by atoms with Gasteiger partial charge in [0.2, 0.25) is 0 Å². The average Bonchev–Trinajstić information content (AvgIpc) is 2.98. The van der Waals surface area contributed by atoms with Gasteiger partial charge in [0.1, 0.15) is 0 Å². The lowest BCUT2D eigenvalue weighted by molar-refractivity contribution is 0.902. The molecular formula is C23H22BrN. The van der Waals surface area contributed by atoms with E-state index in [9.17, 15) is 0 Å². The van der Waals surface area contributed by atoms with Crippen LogP contribution in [0.2, 0.25) is 0 Å². The number of nitrogens with zero attached hydrogens (tertiary/aromatic N) is 1. The molecule has 0 bridgehead atoms. The number of aromatic nitrogens is 1. The molecule has 0 saturated heterocycles. The fourth-order valence-electron chi connectivity index (χ4n) is 3.32. The van der Waals surface area contributed by atoms with Crippen molar-refractivity contribution in [2.24, 2.45) is 0 Å². The third-order valence-corrected chi connectivity index (χ3v) is 4.94. The van der Waals surface area contributed by atoms with Crippen LogP contribution in [0.15, 0.2) is 83.9 Å². The van der Waals surface area contributed by atoms with Crippen LogP contribution in [-0.2, 0) is 6.54 Å². The van der Waals surface area contributed by atoms with Gasteiger partial charge in [0.15, 0.2) is 0 Å². The maximum absolute atomic E-state index is 3.76. The molecule has 0 radical (unpaired) electrons. The van der Waals surface area contributed by atoms with Gasteiger partial charge < -0.3 is 4.57 Å². The Labute approximate surface area is 157 Å². The van der Waals surface area contributed by atoms with Crippen molar-refractivity contribution in [3.8, 4) is 0 Å². The van der Waals surface area contributed by atoms with E-state index in [1.807, 2.05) is 26.0 Å². The Bertz CT molecular complexity index is 1070. The minimum absolute atomic E-state index is 0.835. The molecule has 0 atom stereocenters. The molecule has 0 spiro atoms. The first-order valence-corrected chi connectivity index (χ1v) is 9.46. The fourth-order valence-corrected chi connectivity index (χ4v) is 3.90. The standard InChI is InChI=1S/C21H16BrN.C2H6/c1-2-3-8-13-23-20-12-7-6-10-16(20)18-14-19(22)15-9-4-5-11-17(15)21(18)23;1-2/h2-12,14H,1,13H2;1-2H3/b8-3-;. The SMILES string of the molecule is C=C/C=C\Cn1c2ccccc2c2cc(Br)c3ccccc3c21.CC. The van der Waals surface area contributed by atoms with Crippen LogP contribution in [0.3, 0.4) is 0 Å². The van der Waals surface area contributed by atoms with Gasteiger partial charge in [-0.2, -0.15) is 0 Å². The minimum Gasteiger partial charge on any atom is -0.336 e. The number of rotatable bonds is 3. The maximum Gasteiger partial charge on any atom is 0.0574 e. The van der Waals surface area contributed by atoms with Gasteiger partial charge in [0, 0.05) is 32.7 Å². The van der Waals surface area contributed by atoms with Crippen LogP contribution in [0.25, 0.3) is 32.6 Å². The summed E-state index contributed by atoms with van der Waals surface area (Å²) < 4.78 is 3.53. The molecule has 1 aromatic heterocycles. The molecule has 2 heteroatoms. The highest BCUT2D eigenvalue weighted by molar-refractivity contribution is 9.10. The quantitative estimate of drug-likeness (QED) is 0.319. The normalized spacial score (nSPS) is 11.2. The van der Waals surface area contributed by atoms with Gasteiger partial charge in [-0.3, -0.25) is 0 Å². The van der Waals surface area contributed by atoms with Gasteiger partial charge in [0.05, 0.1) is 5.52 Å². The van der Waals surface area contributed by atoms with Crippen molar-refractivity contribution in [1.29, 1.82) is 0 Å². The highest BCUT2D eigenvalue weighted by Gasteiger charge is 2.14. The molecule has 1 nitrogen and oxygen atoms in total. The largest absolute Gasteiger partial charge is 0.336 e. The molecule has 0 N–H and O–H groups in total. The van der Waals surface area contributed by atoms with Crippen molar-refractivity contribution < 1.29 is 0 Å². The Morgan fingerprint density at radius 1 is 0.920 bits per heavy atom. The van der Waals surface area contributed by atoms with E-state index in [4.69, 9.17) is 0 Å². The molecule has 1 heterocycles. The van der Waals surface area contributed by atoms with Crippen LogP contribution in [0.5, 0.6) is 0 Å². The first kappa shape index (κ1) is 17.5. The molecular weight excluding hydrogens is 370 g/mol. The Morgan fingerprint density at radius 3 is 2.28 bits per heavy atom. The molecule has 0 fully saturated rings. The minimum atomic E-state index is 0.835. The number of hydrogen-bond donors (Lipinski definition) is 0. The van der Waals surface area contributed by atoms with Crippen molar-refractivity contribution in [2.75, 3.05) is 0 Å². The summed E-state index contributed by atoms with van der Waals surface area (Å²) in [5, 5.41) is 5.11. The van der Waals surface area contributed by atoms with Crippen molar-refractivity contribution in [3.63, 3.8) is 0 Å². The number of allylic oxidation sites excluding steroid dienone is 3. The molecule has 4 rings (SSSR count). The van der Waals surface area contributed by atoms with Crippen LogP contribution < -0.4 is 0 Å². The van der Waals surface area contributed by atoms with E-state index >= 15 is 0 Å². The smallest absolute Gasteiger partial charge is 0.0574 e. The summed E-state index contributed by atoms with van der Waals surface area (Å²) in [6.07, 6.45) is 5.97. The van der Waals surface area contributed by atoms with E-state index in [1.54, 1.807) is 0 Å². The van der Waals surface area contributed by atoms with Gasteiger partial charge in [-0.05, 0) is 17.5 Å². The number of halogens is 1. The summed E-state index contributed by atoms with van der Waals surface area (Å²) in [7, 11) is 0. The van der Waals surface area contributed by atoms with Crippen molar-refractivity contribution in [3.05, 3.63) is 83.9 Å². The maximum atomic E-state index is 3.76. The Balaban J connectivity index is 0.000000880. The van der Waals surface area contributed by atoms with Gasteiger partial charge in [-0.25, -0.2) is 0 Å². The van der Waals surface area contributed by atoms with E-state index in [0.717, 1.165) is 11.0 Å². The zero-order valence-corrected chi connectivity index (χ0v) is 16.3. The van der Waals surface area contributed by atoms with E-state index in [1.165, 1.54) is 32.6 Å². The zero-order chi connectivity index (χ0) is 17.8. The van der Waals surface area contributed by atoms with Crippen molar-refractivity contribution in [2.45, 2.75) is 20.4 Å². The molecule has 0 amide bonds. The molecule has 3 aromatic carbocycles. The highest BCUT2D eigenvalue weighted by atomic mass is 79.9. The summed E-state index contributed by atoms with van der Waals surface area (Å²) in [5.74, 6) is 0. The van der Waals surface area contributed by atoms with E-state index in [-0.39, 0.29) is 0 Å². The van der Waals surface area contributed by atoms with Gasteiger partial charge >= 0.3 is 0 Å². The molecule has 0 aliphatic heterocycles. The summed E-state index contributed by atoms with van der Waals surface area (Å²) in [6.45, 7) is 8.60. The first-order valence-electron chi connectivity index (χ1n) is 8.67. The monoisotopic (exact) mass is 391 g/mol. The molecule has 4 aromatic rings. The van der Waals surface area contributed by atoms with Crippen LogP contribution >= 0.6 is 15.9 Å². The third-order valence-electron chi connectivity index (χ3n) is 4.28. The van der Waals surface area contributed by atoms with Crippen molar-refractivity contribution >= 4 is 48.5 Å². The summed E-state index contributed by atoms with van der Waals surface area (Å²) in [6, 6.07) is 19.4. The lowest BCUT2D eigenvalue weighted by Crippen LogP contribution is -1.95. The number of para-hydroxylation sites is 1. The highest BCUT2D eigenvalue weighted by Crippen LogP contribution is 2.37. The van der Waals surface area contributed by atoms with E-state index in [2.05, 4.69) is 87.7 Å². The van der Waals surface area contributed by atoms with Crippen LogP contribution in [0.1, 0.15) is 13.8 Å². The van der Waals surface area contributed by atoms with Crippen LogP contribution in [0.4, 0.5) is 0 Å². The molecule has 0 aliphatic carbocycles. The third kappa shape index (κ3) is 3.03. The van der Waals surface area contributed by atoms with E-state index in [0.29, 0.717) is 0 Å². The average molecular weight is 392 g/mol. The Kier molecular flexibility index (Phi) is 5.40. The van der Waals surface area contributed by atoms with Crippen molar-refractivity contribution in [1.82, 2.24) is 4.57 Å². The summed E-state index contributed by atoms with van der Waals surface area (Å²) >= 11 is 3.74. The number of hydrogen-bond acceptors (Lipinski definition) is 0. The summed E-state index contributed by atoms with van der Waals surface area (Å²) in [4.78, 5) is 0. The zero-order valence-electron chi connectivity index (χ0n) is 14.7. The molecule has 126 valence electrons. The second kappa shape index (κ2) is 7.71. The predicted molar refractivity (Wildman–Crippen MR) is 115 cm³/mol. The second-order valence-corrected chi connectivity index (χ2v) is 6.45. The lowest BCUT2D eigenvalue weighted by Gasteiger charge is -2.08. The topological polar surface area (TPSA) is 4.93 Å². The Morgan fingerprint density at radius 2 is 1.56 bits per heavy atom. The number of fused-ring (bicyclic) bond motifs is 5. The Hall–Kier alpha value is -2.32. The van der Waals surface area contributed by atoms with Crippen LogP contribution in [0, 0.1) is 0 Å². The summed E-state index contributed by atoms with van der Waals surface area (Å²) in [5.41, 5.74) is 2.55. The molecule has 0 saturated carbocycles. The molecule has 25 heavy (non-hydrogen) atoms. The molecule has 0 unspecified atom stereocenters. The second-order valence-electron chi connectivity index (χ2n) is 5.59. The fraction of sp³-hybridized carbons (Fsp3) is 0.130. The molecule has 0 aliphatic rings. The first-order chi connectivity index (χ1) is 12.3. The lowest BCUT2D eigenvalue weighted by atomic mass is 10.1. The van der Waals surface area contributed by atoms with Gasteiger partial charge in [-0.1, -0.05) is 97.0 Å². The van der Waals surface area contributed by atoms with Crippen LogP contribution in [-0.4, -0.2) is 4.57 Å². The predicted octanol–water partition coefficient (Wildman–Crippen LogP) is 7.48. The van der Waals surface area contributed by atoms with Gasteiger partial charge in [0.25, 0.3) is 0 Å². The van der Waals surface area contributed by atoms with E-state index < -0.39 is 0 Å². The number of benzene rings is 3.